The molecule has 1 unspecified atom stereocenters. The summed E-state index contributed by atoms with van der Waals surface area (Å²) in [6, 6.07) is 23.6. The normalized spacial score (nSPS) is 11.2. The highest BCUT2D eigenvalue weighted by Gasteiger charge is 2.17. The second-order valence-electron chi connectivity index (χ2n) is 7.61. The van der Waals surface area contributed by atoms with E-state index in [-0.39, 0.29) is 6.10 Å². The van der Waals surface area contributed by atoms with E-state index in [2.05, 4.69) is 23.2 Å². The molecule has 37 heavy (non-hydrogen) atoms. The summed E-state index contributed by atoms with van der Waals surface area (Å²) in [5.41, 5.74) is 3.05. The Bertz CT molecular complexity index is 1290. The van der Waals surface area contributed by atoms with Gasteiger partial charge in [0.05, 0.1) is 19.5 Å². The smallest absolute Gasteiger partial charge is 0.414 e. The molecule has 0 amide bonds. The van der Waals surface area contributed by atoms with Crippen LogP contribution >= 0.6 is 23.2 Å². The van der Waals surface area contributed by atoms with Crippen molar-refractivity contribution in [2.24, 2.45) is 0 Å². The number of nitrogens with zero attached hydrogens (tertiary/aromatic N) is 2. The van der Waals surface area contributed by atoms with Crippen molar-refractivity contribution >= 4 is 35.1 Å². The van der Waals surface area contributed by atoms with Crippen LogP contribution in [-0.2, 0) is 20.9 Å². The van der Waals surface area contributed by atoms with Gasteiger partial charge in [-0.2, -0.15) is 0 Å². The third-order valence-corrected chi connectivity index (χ3v) is 5.62. The minimum absolute atomic E-state index is 0.257. The molecule has 0 radical (unpaired) electrons. The molecule has 0 aliphatic heterocycles. The summed E-state index contributed by atoms with van der Waals surface area (Å²) in [5.74, 6) is -2.82. The van der Waals surface area contributed by atoms with Crippen molar-refractivity contribution in [3.05, 3.63) is 107 Å². The zero-order valence-electron chi connectivity index (χ0n) is 19.5. The van der Waals surface area contributed by atoms with Gasteiger partial charge in [0.25, 0.3) is 0 Å². The number of aliphatic carboxylic acids is 2. The average molecular weight is 543 g/mol. The number of aromatic nitrogens is 2. The maximum Gasteiger partial charge on any atom is 0.414 e. The number of rotatable bonds is 9. The molecule has 1 heterocycles. The van der Waals surface area contributed by atoms with Gasteiger partial charge >= 0.3 is 11.9 Å². The number of halogens is 2. The van der Waals surface area contributed by atoms with Gasteiger partial charge in [0.15, 0.2) is 0 Å². The quantitative estimate of drug-likeness (QED) is 0.201. The van der Waals surface area contributed by atoms with Gasteiger partial charge in [-0.1, -0.05) is 77.8 Å². The van der Waals surface area contributed by atoms with Gasteiger partial charge in [0.2, 0.25) is 0 Å². The van der Waals surface area contributed by atoms with Crippen LogP contribution in [0.15, 0.2) is 91.5 Å². The largest absolute Gasteiger partial charge is 0.491 e. The van der Waals surface area contributed by atoms with E-state index in [0.29, 0.717) is 29.8 Å². The highest BCUT2D eigenvalue weighted by Crippen LogP contribution is 2.31. The maximum atomic E-state index is 9.10. The summed E-state index contributed by atoms with van der Waals surface area (Å²) in [6.07, 6.45) is 5.14. The van der Waals surface area contributed by atoms with Gasteiger partial charge in [-0.05, 0) is 23.8 Å². The minimum atomic E-state index is -1.82. The zero-order chi connectivity index (χ0) is 26.6. The first-order valence-corrected chi connectivity index (χ1v) is 11.9. The molecule has 192 valence electrons. The van der Waals surface area contributed by atoms with Crippen LogP contribution in [0.5, 0.6) is 5.75 Å². The van der Waals surface area contributed by atoms with Crippen molar-refractivity contribution in [3.8, 4) is 16.9 Å². The maximum absolute atomic E-state index is 9.10. The molecule has 1 aromatic heterocycles. The second kappa shape index (κ2) is 14.0. The fourth-order valence-corrected chi connectivity index (χ4v) is 3.91. The number of ether oxygens (including phenoxy) is 2. The highest BCUT2D eigenvalue weighted by molar-refractivity contribution is 6.35. The predicted molar refractivity (Wildman–Crippen MR) is 140 cm³/mol. The van der Waals surface area contributed by atoms with E-state index in [1.54, 1.807) is 18.6 Å². The summed E-state index contributed by atoms with van der Waals surface area (Å²) in [6.45, 7) is 1.40. The number of hydrogen-bond acceptors (Lipinski definition) is 5. The fraction of sp³-hybridized carbons (Fsp3) is 0.148. The molecule has 0 bridgehead atoms. The molecule has 0 aliphatic carbocycles. The van der Waals surface area contributed by atoms with Crippen molar-refractivity contribution in [2.75, 3.05) is 13.2 Å². The van der Waals surface area contributed by atoms with Gasteiger partial charge < -0.3 is 24.3 Å². The lowest BCUT2D eigenvalue weighted by atomic mass is 10.1. The van der Waals surface area contributed by atoms with Crippen LogP contribution in [0.4, 0.5) is 0 Å². The molecule has 0 saturated heterocycles. The molecule has 0 spiro atoms. The lowest BCUT2D eigenvalue weighted by Crippen LogP contribution is -2.16. The first kappa shape index (κ1) is 27.7. The summed E-state index contributed by atoms with van der Waals surface area (Å²) in [5, 5.41) is 16.0. The topological polar surface area (TPSA) is 111 Å². The molecule has 8 nitrogen and oxygen atoms in total. The number of carboxylic acid groups (broad SMARTS) is 2. The molecule has 2 N–H and O–H groups in total. The lowest BCUT2D eigenvalue weighted by Gasteiger charge is -2.21. The molecular weight excluding hydrogens is 519 g/mol. The molecular formula is C27H24Cl2N2O6. The third-order valence-electron chi connectivity index (χ3n) is 5.06. The van der Waals surface area contributed by atoms with Crippen molar-refractivity contribution in [1.82, 2.24) is 9.55 Å². The Hall–Kier alpha value is -3.85. The van der Waals surface area contributed by atoms with Gasteiger partial charge in [-0.25, -0.2) is 14.6 Å². The van der Waals surface area contributed by atoms with Gasteiger partial charge in [-0.15, -0.1) is 0 Å². The van der Waals surface area contributed by atoms with E-state index in [0.717, 1.165) is 22.4 Å². The van der Waals surface area contributed by atoms with E-state index in [1.165, 1.54) is 0 Å². The van der Waals surface area contributed by atoms with Crippen LogP contribution in [0.3, 0.4) is 0 Å². The Labute approximate surface area is 223 Å². The molecule has 4 aromatic rings. The molecule has 0 aliphatic rings. The van der Waals surface area contributed by atoms with E-state index >= 15 is 0 Å². The number of para-hydroxylation sites is 1. The molecule has 4 rings (SSSR count). The predicted octanol–water partition coefficient (Wildman–Crippen LogP) is 5.85. The second-order valence-corrected chi connectivity index (χ2v) is 8.45. The Kier molecular flexibility index (Phi) is 10.5. The number of hydrogen-bond donors (Lipinski definition) is 2. The molecule has 0 fully saturated rings. The summed E-state index contributed by atoms with van der Waals surface area (Å²) < 4.78 is 14.2. The standard InChI is InChI=1S/C25H22Cl2N2O2.C2H2O4/c26-20-10-11-22(23(27)16-20)25(17-29-13-12-28-18-29)31-15-14-30-24-9-5-4-8-21(24)19-6-2-1-3-7-19;3-1(4)2(5)6/h1-13,16,18,25H,14-15,17H2;(H,3,4)(H,5,6). The summed E-state index contributed by atoms with van der Waals surface area (Å²) in [4.78, 5) is 22.3. The van der Waals surface area contributed by atoms with E-state index in [4.69, 9.17) is 52.5 Å². The SMILES string of the molecule is Clc1ccc(C(Cn2ccnc2)OCCOc2ccccc2-c2ccccc2)c(Cl)c1.O=C(O)C(=O)O. The van der Waals surface area contributed by atoms with Crippen molar-refractivity contribution in [3.63, 3.8) is 0 Å². The van der Waals surface area contributed by atoms with E-state index in [1.807, 2.05) is 59.3 Å². The average Bonchev–Trinajstić information content (AvgIpc) is 3.40. The van der Waals surface area contributed by atoms with Crippen LogP contribution in [0.1, 0.15) is 11.7 Å². The van der Waals surface area contributed by atoms with Crippen molar-refractivity contribution < 1.29 is 29.3 Å². The lowest BCUT2D eigenvalue weighted by molar-refractivity contribution is -0.159. The van der Waals surface area contributed by atoms with Gasteiger partial charge in [0.1, 0.15) is 18.5 Å². The number of imidazole rings is 1. The molecule has 10 heteroatoms. The molecule has 0 saturated carbocycles. The van der Waals surface area contributed by atoms with Crippen LogP contribution in [-0.4, -0.2) is 44.9 Å². The minimum Gasteiger partial charge on any atom is -0.491 e. The Balaban J connectivity index is 0.000000568. The number of carbonyl (C=O) groups is 2. The third kappa shape index (κ3) is 8.64. The van der Waals surface area contributed by atoms with Crippen molar-refractivity contribution in [2.45, 2.75) is 12.6 Å². The Morgan fingerprint density at radius 3 is 2.27 bits per heavy atom. The number of benzene rings is 3. The summed E-state index contributed by atoms with van der Waals surface area (Å²) in [7, 11) is 0. The van der Waals surface area contributed by atoms with Crippen LogP contribution < -0.4 is 4.74 Å². The first-order chi connectivity index (χ1) is 17.8. The molecule has 1 atom stereocenters. The highest BCUT2D eigenvalue weighted by atomic mass is 35.5. The summed E-state index contributed by atoms with van der Waals surface area (Å²) >= 11 is 12.5. The Morgan fingerprint density at radius 1 is 0.919 bits per heavy atom. The number of carboxylic acids is 2. The van der Waals surface area contributed by atoms with Gasteiger partial charge in [0, 0.05) is 33.6 Å². The zero-order valence-corrected chi connectivity index (χ0v) is 21.0. The van der Waals surface area contributed by atoms with E-state index in [9.17, 15) is 0 Å². The van der Waals surface area contributed by atoms with Crippen LogP contribution in [0, 0.1) is 0 Å². The van der Waals surface area contributed by atoms with E-state index < -0.39 is 11.9 Å². The monoisotopic (exact) mass is 542 g/mol. The fourth-order valence-electron chi connectivity index (χ4n) is 3.38. The van der Waals surface area contributed by atoms with Crippen LogP contribution in [0.25, 0.3) is 11.1 Å². The Morgan fingerprint density at radius 2 is 1.62 bits per heavy atom. The van der Waals surface area contributed by atoms with Crippen molar-refractivity contribution in [1.29, 1.82) is 0 Å². The first-order valence-electron chi connectivity index (χ1n) is 11.1. The molecule has 3 aromatic carbocycles. The van der Waals surface area contributed by atoms with Gasteiger partial charge in [-0.3, -0.25) is 0 Å². The van der Waals surface area contributed by atoms with Crippen LogP contribution in [0.2, 0.25) is 10.0 Å².